The molecule has 0 saturated heterocycles. The SMILES string of the molecule is [2H]C([2H])([2H])C([2H])(c1cc(-c2c(C)ccc3c2oc2c(-c4ccc(-c5cccc(-c6ccccc6)c5)cc4)c(C#N)ccc23)[n+](C)cc1F)C([2H])([2H])[2H]. The Kier molecular flexibility index (Phi) is 5.28. The van der Waals surface area contributed by atoms with Crippen LogP contribution in [0.5, 0.6) is 0 Å². The molecule has 0 aliphatic carbocycles. The second-order valence-corrected chi connectivity index (χ2v) is 11.1. The van der Waals surface area contributed by atoms with E-state index in [4.69, 9.17) is 14.0 Å². The van der Waals surface area contributed by atoms with Crippen molar-refractivity contribution in [2.45, 2.75) is 26.5 Å². The summed E-state index contributed by atoms with van der Waals surface area (Å²) in [4.78, 5) is 0. The van der Waals surface area contributed by atoms with Crippen molar-refractivity contribution in [3.63, 3.8) is 0 Å². The Bertz CT molecular complexity index is 2540. The van der Waals surface area contributed by atoms with E-state index in [1.807, 2.05) is 66.7 Å². The summed E-state index contributed by atoms with van der Waals surface area (Å²) in [6.45, 7) is -4.95. The first-order valence-corrected chi connectivity index (χ1v) is 14.5. The normalized spacial score (nSPS) is 14.5. The smallest absolute Gasteiger partial charge is 0.216 e. The molecule has 0 amide bonds. The summed E-state index contributed by atoms with van der Waals surface area (Å²) in [5.41, 5.74) is 7.45. The summed E-state index contributed by atoms with van der Waals surface area (Å²) in [6.07, 6.45) is 0.989. The lowest BCUT2D eigenvalue weighted by Gasteiger charge is -2.10. The van der Waals surface area contributed by atoms with Crippen LogP contribution in [-0.4, -0.2) is 0 Å². The maximum Gasteiger partial charge on any atom is 0.216 e. The van der Waals surface area contributed by atoms with Gasteiger partial charge in [0.2, 0.25) is 11.9 Å². The number of pyridine rings is 1. The van der Waals surface area contributed by atoms with E-state index in [0.29, 0.717) is 38.8 Å². The van der Waals surface area contributed by atoms with Crippen LogP contribution in [0.3, 0.4) is 0 Å². The van der Waals surface area contributed by atoms with Gasteiger partial charge in [0.05, 0.1) is 17.2 Å². The lowest BCUT2D eigenvalue weighted by atomic mass is 9.94. The van der Waals surface area contributed by atoms with E-state index < -0.39 is 31.0 Å². The van der Waals surface area contributed by atoms with Gasteiger partial charge in [0, 0.05) is 37.6 Å². The third-order valence-electron chi connectivity index (χ3n) is 8.37. The molecule has 45 heavy (non-hydrogen) atoms. The molecule has 0 saturated carbocycles. The van der Waals surface area contributed by atoms with Crippen LogP contribution in [0.25, 0.3) is 66.6 Å². The van der Waals surface area contributed by atoms with Crippen LogP contribution in [-0.2, 0) is 7.05 Å². The summed E-state index contributed by atoms with van der Waals surface area (Å²) in [6, 6.07) is 37.0. The Labute approximate surface area is 272 Å². The van der Waals surface area contributed by atoms with Gasteiger partial charge in [0.15, 0.2) is 5.82 Å². The van der Waals surface area contributed by atoms with Crippen LogP contribution in [0.15, 0.2) is 120 Å². The molecular weight excluding hydrogens is 555 g/mol. The predicted molar refractivity (Wildman–Crippen MR) is 180 cm³/mol. The summed E-state index contributed by atoms with van der Waals surface area (Å²) in [5.74, 6) is -4.37. The fourth-order valence-electron chi connectivity index (χ4n) is 6.10. The molecule has 0 atom stereocenters. The molecule has 5 aromatic carbocycles. The third kappa shape index (κ3) is 4.87. The van der Waals surface area contributed by atoms with Crippen molar-refractivity contribution >= 4 is 21.9 Å². The van der Waals surface area contributed by atoms with Crippen molar-refractivity contribution in [2.75, 3.05) is 0 Å². The second kappa shape index (κ2) is 11.2. The highest BCUT2D eigenvalue weighted by Crippen LogP contribution is 2.42. The largest absolute Gasteiger partial charge is 0.454 e. The van der Waals surface area contributed by atoms with Gasteiger partial charge >= 0.3 is 0 Å². The van der Waals surface area contributed by atoms with E-state index in [1.54, 1.807) is 26.1 Å². The van der Waals surface area contributed by atoms with Gasteiger partial charge < -0.3 is 4.42 Å². The number of halogens is 1. The van der Waals surface area contributed by atoms with Crippen LogP contribution in [0.1, 0.15) is 45.9 Å². The molecule has 7 aromatic rings. The quantitative estimate of drug-likeness (QED) is 0.186. The molecule has 4 heteroatoms. The Morgan fingerprint density at radius 1 is 0.756 bits per heavy atom. The first-order chi connectivity index (χ1) is 24.6. The Morgan fingerprint density at radius 2 is 1.38 bits per heavy atom. The maximum atomic E-state index is 15.5. The number of fused-ring (bicyclic) bond motifs is 3. The number of nitriles is 1. The zero-order valence-corrected chi connectivity index (χ0v) is 24.7. The van der Waals surface area contributed by atoms with Crippen molar-refractivity contribution in [3.05, 3.63) is 138 Å². The van der Waals surface area contributed by atoms with E-state index in [2.05, 4.69) is 30.3 Å². The molecule has 0 N–H and O–H groups in total. The molecule has 218 valence electrons. The molecule has 7 rings (SSSR count). The van der Waals surface area contributed by atoms with E-state index in [1.165, 1.54) is 4.57 Å². The molecule has 0 bridgehead atoms. The standard InChI is InChI=1S/C41H32FN2O/c1-25(2)35-22-37(44(4)24-36(35)42)38-26(3)13-19-33-34-20-18-32(23-43)39(41(34)45-40(33)38)29-16-14-28(15-17-29)31-12-8-11-30(21-31)27-9-6-5-7-10-27/h5-22,24-25H,1-4H3/q+1/i1D3,2D3,25D. The highest BCUT2D eigenvalue weighted by atomic mass is 19.1. The first kappa shape index (κ1) is 21.2. The number of hydrogen-bond acceptors (Lipinski definition) is 2. The summed E-state index contributed by atoms with van der Waals surface area (Å²) in [5, 5.41) is 11.6. The van der Waals surface area contributed by atoms with Crippen molar-refractivity contribution in [2.24, 2.45) is 7.05 Å². The first-order valence-electron chi connectivity index (χ1n) is 18.0. The molecule has 0 fully saturated rings. The topological polar surface area (TPSA) is 40.8 Å². The van der Waals surface area contributed by atoms with Gasteiger partial charge in [-0.25, -0.2) is 4.39 Å². The molecule has 0 unspecified atom stereocenters. The number of aromatic nitrogens is 1. The third-order valence-corrected chi connectivity index (χ3v) is 8.37. The number of aryl methyl sites for hydroxylation is 2. The fourth-order valence-corrected chi connectivity index (χ4v) is 6.10. The molecule has 2 aromatic heterocycles. The highest BCUT2D eigenvalue weighted by molar-refractivity contribution is 6.14. The minimum absolute atomic E-state index is 0.257. The van der Waals surface area contributed by atoms with Crippen LogP contribution in [0.2, 0.25) is 0 Å². The average Bonchev–Trinajstić information content (AvgIpc) is 3.49. The Balaban J connectivity index is 1.40. The summed E-state index contributed by atoms with van der Waals surface area (Å²) in [7, 11) is 1.55. The van der Waals surface area contributed by atoms with Crippen LogP contribution in [0, 0.1) is 24.1 Å². The molecular formula is C41H32FN2O+. The van der Waals surface area contributed by atoms with E-state index in [0.717, 1.165) is 45.5 Å². The van der Waals surface area contributed by atoms with Gasteiger partial charge in [-0.1, -0.05) is 98.6 Å². The molecule has 0 aliphatic rings. The van der Waals surface area contributed by atoms with Crippen LogP contribution in [0.4, 0.5) is 4.39 Å². The minimum atomic E-state index is -3.38. The van der Waals surface area contributed by atoms with Crippen molar-refractivity contribution in [3.8, 4) is 50.7 Å². The van der Waals surface area contributed by atoms with Gasteiger partial charge in [0.25, 0.3) is 0 Å². The summed E-state index contributed by atoms with van der Waals surface area (Å²) < 4.78 is 80.1. The fraction of sp³-hybridized carbons (Fsp3) is 0.122. The van der Waals surface area contributed by atoms with E-state index in [9.17, 15) is 5.26 Å². The monoisotopic (exact) mass is 594 g/mol. The molecule has 0 radical (unpaired) electrons. The average molecular weight is 595 g/mol. The van der Waals surface area contributed by atoms with Gasteiger partial charge in [-0.3, -0.25) is 0 Å². The molecule has 0 aliphatic heterocycles. The zero-order valence-electron chi connectivity index (χ0n) is 31.7. The predicted octanol–water partition coefficient (Wildman–Crippen LogP) is 10.5. The molecule has 3 nitrogen and oxygen atoms in total. The summed E-state index contributed by atoms with van der Waals surface area (Å²) >= 11 is 0. The Morgan fingerprint density at radius 3 is 2.07 bits per heavy atom. The highest BCUT2D eigenvalue weighted by Gasteiger charge is 2.25. The molecule has 2 heterocycles. The number of nitrogens with zero attached hydrogens (tertiary/aromatic N) is 2. The van der Waals surface area contributed by atoms with Gasteiger partial charge in [-0.15, -0.1) is 0 Å². The van der Waals surface area contributed by atoms with Crippen molar-refractivity contribution in [1.82, 2.24) is 0 Å². The van der Waals surface area contributed by atoms with Gasteiger partial charge in [-0.2, -0.15) is 9.83 Å². The number of benzene rings is 5. The zero-order chi connectivity index (χ0) is 37.2. The van der Waals surface area contributed by atoms with Gasteiger partial charge in [0.1, 0.15) is 18.2 Å². The molecule has 0 spiro atoms. The van der Waals surface area contributed by atoms with Crippen LogP contribution >= 0.6 is 0 Å². The lowest BCUT2D eigenvalue weighted by Crippen LogP contribution is -2.32. The minimum Gasteiger partial charge on any atom is -0.454 e. The van der Waals surface area contributed by atoms with Crippen molar-refractivity contribution in [1.29, 1.82) is 5.26 Å². The van der Waals surface area contributed by atoms with E-state index >= 15 is 4.39 Å². The number of rotatable bonds is 5. The van der Waals surface area contributed by atoms with Crippen LogP contribution < -0.4 is 4.57 Å². The Hall–Kier alpha value is -5.53. The van der Waals surface area contributed by atoms with Crippen molar-refractivity contribution < 1.29 is 23.0 Å². The number of hydrogen-bond donors (Lipinski definition) is 0. The maximum absolute atomic E-state index is 15.5. The number of furan rings is 1. The van der Waals surface area contributed by atoms with Gasteiger partial charge in [-0.05, 0) is 64.4 Å². The second-order valence-electron chi connectivity index (χ2n) is 11.1. The lowest BCUT2D eigenvalue weighted by molar-refractivity contribution is -0.662. The van der Waals surface area contributed by atoms with E-state index in [-0.39, 0.29) is 5.69 Å².